The van der Waals surface area contributed by atoms with Crippen LogP contribution in [0.1, 0.15) is 24.9 Å². The maximum absolute atomic E-state index is 12.7. The van der Waals surface area contributed by atoms with Crippen LogP contribution in [0.5, 0.6) is 5.75 Å². The lowest BCUT2D eigenvalue weighted by Crippen LogP contribution is -2.12. The van der Waals surface area contributed by atoms with Gasteiger partial charge in [-0.2, -0.15) is 8.78 Å². The molecular formula is C14H16BrF2N3O. The van der Waals surface area contributed by atoms with Gasteiger partial charge in [0, 0.05) is 23.4 Å². The number of benzene rings is 1. The van der Waals surface area contributed by atoms with Crippen molar-refractivity contribution >= 4 is 15.9 Å². The maximum atomic E-state index is 12.7. The van der Waals surface area contributed by atoms with Crippen molar-refractivity contribution in [3.63, 3.8) is 0 Å². The van der Waals surface area contributed by atoms with Crippen molar-refractivity contribution in [3.05, 3.63) is 46.5 Å². The Hall–Kier alpha value is -1.47. The van der Waals surface area contributed by atoms with E-state index >= 15 is 0 Å². The molecule has 0 bridgehead atoms. The zero-order chi connectivity index (χ0) is 15.2. The number of rotatable bonds is 7. The molecule has 1 N–H and O–H groups in total. The number of ether oxygens (including phenoxy) is 1. The second-order valence-electron chi connectivity index (χ2n) is 4.35. The minimum atomic E-state index is -2.61. The van der Waals surface area contributed by atoms with Crippen LogP contribution >= 0.6 is 15.9 Å². The van der Waals surface area contributed by atoms with E-state index in [-0.39, 0.29) is 12.4 Å². The van der Waals surface area contributed by atoms with E-state index in [0.29, 0.717) is 12.3 Å². The quantitative estimate of drug-likeness (QED) is 0.818. The van der Waals surface area contributed by atoms with Gasteiger partial charge in [0.1, 0.15) is 12.4 Å². The van der Waals surface area contributed by atoms with Gasteiger partial charge in [0.2, 0.25) is 0 Å². The molecule has 4 nitrogen and oxygen atoms in total. The lowest BCUT2D eigenvalue weighted by molar-refractivity contribution is 0.0632. The predicted octanol–water partition coefficient (Wildman–Crippen LogP) is 3.73. The fraction of sp³-hybridized carbons (Fsp3) is 0.357. The second kappa shape index (κ2) is 7.51. The van der Waals surface area contributed by atoms with Crippen molar-refractivity contribution < 1.29 is 13.5 Å². The van der Waals surface area contributed by atoms with Crippen LogP contribution < -0.4 is 10.1 Å². The smallest absolute Gasteiger partial charge is 0.320 e. The SMILES string of the molecule is CCNCc1cc(OCc2nccn2C(F)F)ccc1Br. The first-order chi connectivity index (χ1) is 10.1. The van der Waals surface area contributed by atoms with E-state index < -0.39 is 6.55 Å². The van der Waals surface area contributed by atoms with Crippen LogP contribution in [0.25, 0.3) is 0 Å². The normalized spacial score (nSPS) is 11.1. The number of hydrogen-bond acceptors (Lipinski definition) is 3. The Labute approximate surface area is 130 Å². The van der Waals surface area contributed by atoms with Gasteiger partial charge in [-0.25, -0.2) is 4.98 Å². The first kappa shape index (κ1) is 15.9. The average molecular weight is 360 g/mol. The molecule has 0 radical (unpaired) electrons. The number of nitrogens with zero attached hydrogens (tertiary/aromatic N) is 2. The summed E-state index contributed by atoms with van der Waals surface area (Å²) >= 11 is 3.47. The van der Waals surface area contributed by atoms with Crippen molar-refractivity contribution in [2.45, 2.75) is 26.6 Å². The number of halogens is 3. The molecule has 21 heavy (non-hydrogen) atoms. The zero-order valence-electron chi connectivity index (χ0n) is 11.5. The van der Waals surface area contributed by atoms with Crippen LogP contribution in [0, 0.1) is 0 Å². The molecule has 0 aliphatic carbocycles. The first-order valence-corrected chi connectivity index (χ1v) is 7.33. The maximum Gasteiger partial charge on any atom is 0.320 e. The topological polar surface area (TPSA) is 39.1 Å². The molecule has 7 heteroatoms. The van der Waals surface area contributed by atoms with Crippen molar-refractivity contribution in [2.24, 2.45) is 0 Å². The van der Waals surface area contributed by atoms with Crippen molar-refractivity contribution in [1.29, 1.82) is 0 Å². The molecule has 0 atom stereocenters. The van der Waals surface area contributed by atoms with Gasteiger partial charge in [-0.05, 0) is 30.3 Å². The zero-order valence-corrected chi connectivity index (χ0v) is 13.1. The monoisotopic (exact) mass is 359 g/mol. The first-order valence-electron chi connectivity index (χ1n) is 6.53. The molecule has 2 rings (SSSR count). The van der Waals surface area contributed by atoms with Crippen LogP contribution in [0.4, 0.5) is 8.78 Å². The molecule has 0 saturated carbocycles. The Kier molecular flexibility index (Phi) is 5.69. The van der Waals surface area contributed by atoms with Gasteiger partial charge < -0.3 is 10.1 Å². The molecule has 0 aliphatic rings. The van der Waals surface area contributed by atoms with Gasteiger partial charge in [-0.3, -0.25) is 4.57 Å². The molecule has 1 aromatic heterocycles. The van der Waals surface area contributed by atoms with Crippen molar-refractivity contribution in [1.82, 2.24) is 14.9 Å². The molecule has 114 valence electrons. The van der Waals surface area contributed by atoms with Crippen molar-refractivity contribution in [2.75, 3.05) is 6.54 Å². The second-order valence-corrected chi connectivity index (χ2v) is 5.20. The fourth-order valence-corrected chi connectivity index (χ4v) is 2.20. The third-order valence-electron chi connectivity index (χ3n) is 2.91. The highest BCUT2D eigenvalue weighted by Gasteiger charge is 2.12. The molecule has 0 saturated heterocycles. The van der Waals surface area contributed by atoms with Crippen molar-refractivity contribution in [3.8, 4) is 5.75 Å². The summed E-state index contributed by atoms with van der Waals surface area (Å²) in [5.41, 5.74) is 1.05. The van der Waals surface area contributed by atoms with Gasteiger partial charge >= 0.3 is 6.55 Å². The summed E-state index contributed by atoms with van der Waals surface area (Å²) in [4.78, 5) is 3.88. The third-order valence-corrected chi connectivity index (χ3v) is 3.68. The van der Waals surface area contributed by atoms with E-state index in [9.17, 15) is 8.78 Å². The molecule has 0 amide bonds. The van der Waals surface area contributed by atoms with E-state index in [2.05, 4.69) is 26.2 Å². The molecule has 0 unspecified atom stereocenters. The van der Waals surface area contributed by atoms with Gasteiger partial charge in [-0.15, -0.1) is 0 Å². The Morgan fingerprint density at radius 2 is 2.24 bits per heavy atom. The van der Waals surface area contributed by atoms with E-state index in [0.717, 1.165) is 21.1 Å². The van der Waals surface area contributed by atoms with Gasteiger partial charge in [0.05, 0.1) is 0 Å². The number of alkyl halides is 2. The van der Waals surface area contributed by atoms with Crippen LogP contribution in [-0.2, 0) is 13.2 Å². The van der Waals surface area contributed by atoms with Crippen LogP contribution in [0.3, 0.4) is 0 Å². The molecule has 1 aromatic carbocycles. The fourth-order valence-electron chi connectivity index (χ4n) is 1.82. The molecule has 0 aliphatic heterocycles. The summed E-state index contributed by atoms with van der Waals surface area (Å²) in [6.07, 6.45) is 2.57. The molecule has 2 aromatic rings. The van der Waals surface area contributed by atoms with E-state index in [1.807, 2.05) is 19.1 Å². The number of imidazole rings is 1. The summed E-state index contributed by atoms with van der Waals surface area (Å²) in [6.45, 7) is 0.988. The summed E-state index contributed by atoms with van der Waals surface area (Å²) in [6, 6.07) is 5.54. The van der Waals surface area contributed by atoms with Crippen LogP contribution in [0.2, 0.25) is 0 Å². The highest BCUT2D eigenvalue weighted by molar-refractivity contribution is 9.10. The van der Waals surface area contributed by atoms with Gasteiger partial charge in [-0.1, -0.05) is 22.9 Å². The summed E-state index contributed by atoms with van der Waals surface area (Å²) in [5, 5.41) is 3.23. The lowest BCUT2D eigenvalue weighted by Gasteiger charge is -2.11. The summed E-state index contributed by atoms with van der Waals surface area (Å²) in [7, 11) is 0. The average Bonchev–Trinajstić information content (AvgIpc) is 2.93. The summed E-state index contributed by atoms with van der Waals surface area (Å²) < 4.78 is 32.7. The van der Waals surface area contributed by atoms with Crippen LogP contribution in [-0.4, -0.2) is 16.1 Å². The number of nitrogens with one attached hydrogen (secondary N) is 1. The predicted molar refractivity (Wildman–Crippen MR) is 79.3 cm³/mol. The molecule has 0 spiro atoms. The number of hydrogen-bond donors (Lipinski definition) is 1. The molecule has 0 fully saturated rings. The van der Waals surface area contributed by atoms with Gasteiger partial charge in [0.25, 0.3) is 0 Å². The standard InChI is InChI=1S/C14H16BrF2N3O/c1-2-18-8-10-7-11(3-4-12(10)15)21-9-13-19-5-6-20(13)14(16)17/h3-7,14,18H,2,8-9H2,1H3. The van der Waals surface area contributed by atoms with Gasteiger partial charge in [0.15, 0.2) is 5.82 Å². The Balaban J connectivity index is 2.04. The van der Waals surface area contributed by atoms with E-state index in [4.69, 9.17) is 4.74 Å². The minimum absolute atomic E-state index is 0.000378. The number of aromatic nitrogens is 2. The largest absolute Gasteiger partial charge is 0.486 e. The minimum Gasteiger partial charge on any atom is -0.486 e. The summed E-state index contributed by atoms with van der Waals surface area (Å²) in [5.74, 6) is 0.816. The Morgan fingerprint density at radius 3 is 2.95 bits per heavy atom. The van der Waals surface area contributed by atoms with Crippen LogP contribution in [0.15, 0.2) is 35.1 Å². The Morgan fingerprint density at radius 1 is 1.43 bits per heavy atom. The molecule has 1 heterocycles. The third kappa shape index (κ3) is 4.25. The Bertz CT molecular complexity index is 589. The highest BCUT2D eigenvalue weighted by atomic mass is 79.9. The lowest BCUT2D eigenvalue weighted by atomic mass is 10.2. The van der Waals surface area contributed by atoms with E-state index in [1.54, 1.807) is 6.07 Å². The molecular weight excluding hydrogens is 344 g/mol. The highest BCUT2D eigenvalue weighted by Crippen LogP contribution is 2.23. The van der Waals surface area contributed by atoms with E-state index in [1.165, 1.54) is 12.4 Å².